The van der Waals surface area contributed by atoms with Crippen LogP contribution >= 0.6 is 0 Å². The van der Waals surface area contributed by atoms with Crippen molar-refractivity contribution in [2.75, 3.05) is 44.4 Å². The maximum absolute atomic E-state index is 11.4. The van der Waals surface area contributed by atoms with E-state index in [1.807, 2.05) is 18.0 Å². The molecule has 10 heteroatoms. The highest BCUT2D eigenvalue weighted by molar-refractivity contribution is 7.89. The number of anilines is 1. The van der Waals surface area contributed by atoms with Crippen molar-refractivity contribution in [1.29, 1.82) is 0 Å². The van der Waals surface area contributed by atoms with E-state index in [9.17, 15) is 8.42 Å². The number of nitrogens with zero attached hydrogens (tertiary/aromatic N) is 5. The maximum Gasteiger partial charge on any atom is 0.232 e. The molecule has 3 rings (SSSR count). The summed E-state index contributed by atoms with van der Waals surface area (Å²) in [7, 11) is -1.76. The Balaban J connectivity index is 1.76. The Morgan fingerprint density at radius 1 is 1.29 bits per heavy atom. The molecule has 0 radical (unpaired) electrons. The van der Waals surface area contributed by atoms with E-state index in [-0.39, 0.29) is 0 Å². The number of aliphatic imine (C=N–C) groups is 1. The second-order valence-electron chi connectivity index (χ2n) is 5.79. The quantitative estimate of drug-likeness (QED) is 0.579. The van der Waals surface area contributed by atoms with Crippen LogP contribution < -0.4 is 9.62 Å². The van der Waals surface area contributed by atoms with E-state index in [0.717, 1.165) is 41.8 Å². The van der Waals surface area contributed by atoms with Crippen LogP contribution in [-0.4, -0.2) is 73.7 Å². The maximum atomic E-state index is 11.4. The Morgan fingerprint density at radius 2 is 2.00 bits per heavy atom. The van der Waals surface area contributed by atoms with E-state index in [1.165, 1.54) is 0 Å². The molecule has 0 spiro atoms. The smallest absolute Gasteiger partial charge is 0.232 e. The van der Waals surface area contributed by atoms with Crippen molar-refractivity contribution in [3.8, 4) is 0 Å². The second-order valence-corrected chi connectivity index (χ2v) is 7.54. The molecule has 2 aromatic rings. The zero-order valence-corrected chi connectivity index (χ0v) is 14.8. The van der Waals surface area contributed by atoms with Crippen LogP contribution in [0.4, 0.5) is 5.82 Å². The van der Waals surface area contributed by atoms with Crippen molar-refractivity contribution in [3.05, 3.63) is 18.1 Å². The van der Waals surface area contributed by atoms with Crippen molar-refractivity contribution in [2.45, 2.75) is 6.92 Å². The number of aromatic nitrogens is 3. The molecule has 0 unspecified atom stereocenters. The zero-order chi connectivity index (χ0) is 17.3. The Morgan fingerprint density at radius 3 is 2.62 bits per heavy atom. The third kappa shape index (κ3) is 3.28. The Labute approximate surface area is 140 Å². The summed E-state index contributed by atoms with van der Waals surface area (Å²) in [5.41, 5.74) is 1.94. The fourth-order valence-corrected chi connectivity index (χ4v) is 3.44. The minimum Gasteiger partial charge on any atom is -0.352 e. The summed E-state index contributed by atoms with van der Waals surface area (Å²) in [6.07, 6.45) is 4.61. The van der Waals surface area contributed by atoms with Gasteiger partial charge in [-0.25, -0.2) is 18.4 Å². The lowest BCUT2D eigenvalue weighted by Crippen LogP contribution is -2.53. The molecule has 1 fully saturated rings. The molecule has 0 saturated carbocycles. The predicted octanol–water partition coefficient (Wildman–Crippen LogP) is -0.0767. The van der Waals surface area contributed by atoms with Crippen LogP contribution in [0.5, 0.6) is 0 Å². The fourth-order valence-electron chi connectivity index (χ4n) is 2.88. The second kappa shape index (κ2) is 6.27. The number of nitrogens with one attached hydrogen (secondary N) is 2. The molecule has 1 aliphatic heterocycles. The van der Waals surface area contributed by atoms with Crippen LogP contribution in [0.2, 0.25) is 0 Å². The van der Waals surface area contributed by atoms with E-state index in [1.54, 1.807) is 13.4 Å². The third-order valence-corrected chi connectivity index (χ3v) is 4.57. The fraction of sp³-hybridized carbons (Fsp3) is 0.500. The molecule has 3 heterocycles. The molecule has 24 heavy (non-hydrogen) atoms. The van der Waals surface area contributed by atoms with E-state index in [0.29, 0.717) is 19.0 Å². The molecule has 2 aromatic heterocycles. The molecule has 1 saturated heterocycles. The number of hydrogen-bond acceptors (Lipinski definition) is 6. The average Bonchev–Trinajstić information content (AvgIpc) is 2.94. The highest BCUT2D eigenvalue weighted by Gasteiger charge is 2.24. The van der Waals surface area contributed by atoms with Crippen molar-refractivity contribution >= 4 is 32.8 Å². The number of rotatable bonds is 2. The van der Waals surface area contributed by atoms with E-state index < -0.39 is 10.0 Å². The number of H-pyrrole nitrogens is 1. The monoisotopic (exact) mass is 351 g/mol. The molecular formula is C14H21N7O2S. The summed E-state index contributed by atoms with van der Waals surface area (Å²) < 4.78 is 25.3. The number of fused-ring (bicyclic) bond motifs is 1. The van der Waals surface area contributed by atoms with Gasteiger partial charge in [-0.2, -0.15) is 0 Å². The normalized spacial score (nSPS) is 16.7. The van der Waals surface area contributed by atoms with Crippen LogP contribution in [0.25, 0.3) is 11.0 Å². The highest BCUT2D eigenvalue weighted by atomic mass is 32.2. The first-order valence-corrected chi connectivity index (χ1v) is 9.51. The van der Waals surface area contributed by atoms with Crippen molar-refractivity contribution in [3.63, 3.8) is 0 Å². The van der Waals surface area contributed by atoms with E-state index >= 15 is 0 Å². The van der Waals surface area contributed by atoms with Gasteiger partial charge < -0.3 is 14.8 Å². The van der Waals surface area contributed by atoms with Crippen LogP contribution in [-0.2, 0) is 10.0 Å². The van der Waals surface area contributed by atoms with Crippen LogP contribution in [0.3, 0.4) is 0 Å². The number of sulfonamides is 1. The number of piperazine rings is 1. The van der Waals surface area contributed by atoms with Crippen LogP contribution in [0.1, 0.15) is 5.56 Å². The summed E-state index contributed by atoms with van der Waals surface area (Å²) in [4.78, 5) is 20.0. The van der Waals surface area contributed by atoms with Gasteiger partial charge in [0.25, 0.3) is 0 Å². The largest absolute Gasteiger partial charge is 0.352 e. The van der Waals surface area contributed by atoms with Crippen molar-refractivity contribution in [1.82, 2.24) is 24.6 Å². The van der Waals surface area contributed by atoms with E-state index in [4.69, 9.17) is 0 Å². The van der Waals surface area contributed by atoms with E-state index in [2.05, 4.69) is 29.6 Å². The van der Waals surface area contributed by atoms with Gasteiger partial charge in [0.15, 0.2) is 0 Å². The molecule has 9 nitrogen and oxygen atoms in total. The number of aromatic amines is 1. The van der Waals surface area contributed by atoms with Gasteiger partial charge in [-0.3, -0.25) is 9.71 Å². The highest BCUT2D eigenvalue weighted by Crippen LogP contribution is 2.26. The molecule has 0 atom stereocenters. The van der Waals surface area contributed by atoms with Gasteiger partial charge in [-0.15, -0.1) is 0 Å². The summed E-state index contributed by atoms with van der Waals surface area (Å²) in [5.74, 6) is 1.28. The minimum absolute atomic E-state index is 0.378. The Hall–Kier alpha value is -2.36. The molecule has 0 amide bonds. The lowest BCUT2D eigenvalue weighted by Gasteiger charge is -2.37. The summed E-state index contributed by atoms with van der Waals surface area (Å²) in [6, 6.07) is 0. The standard InChI is InChI=1S/C14H21N7O2S/c1-10-8-16-12-11(10)13(18-9-17-12)20-4-6-21(7-5-20)14(15-2)19-24(3,22)23/h8-9H,4-7H2,1-3H3,(H,15,19)(H,16,17,18). The van der Waals surface area contributed by atoms with Gasteiger partial charge >= 0.3 is 0 Å². The molecule has 2 N–H and O–H groups in total. The zero-order valence-electron chi connectivity index (χ0n) is 13.9. The first-order valence-electron chi connectivity index (χ1n) is 7.62. The van der Waals surface area contributed by atoms with Crippen LogP contribution in [0, 0.1) is 6.92 Å². The third-order valence-electron chi connectivity index (χ3n) is 4.01. The minimum atomic E-state index is -3.34. The number of aryl methyl sites for hydroxylation is 1. The van der Waals surface area contributed by atoms with Gasteiger partial charge in [0.1, 0.15) is 17.8 Å². The SMILES string of the molecule is CN=C(NS(C)(=O)=O)N1CCN(c2ncnc3[nH]cc(C)c23)CC1. The predicted molar refractivity (Wildman–Crippen MR) is 93.8 cm³/mol. The van der Waals surface area contributed by atoms with Crippen LogP contribution in [0.15, 0.2) is 17.5 Å². The molecule has 130 valence electrons. The van der Waals surface area contributed by atoms with Gasteiger partial charge in [-0.05, 0) is 12.5 Å². The van der Waals surface area contributed by atoms with Crippen molar-refractivity contribution < 1.29 is 8.42 Å². The summed E-state index contributed by atoms with van der Waals surface area (Å²) in [5, 5.41) is 1.03. The lowest BCUT2D eigenvalue weighted by atomic mass is 10.2. The number of guanidine groups is 1. The van der Waals surface area contributed by atoms with Gasteiger partial charge in [-0.1, -0.05) is 0 Å². The Kier molecular flexibility index (Phi) is 4.31. The molecular weight excluding hydrogens is 330 g/mol. The van der Waals surface area contributed by atoms with Gasteiger partial charge in [0, 0.05) is 39.4 Å². The average molecular weight is 351 g/mol. The molecule has 0 bridgehead atoms. The summed E-state index contributed by atoms with van der Waals surface area (Å²) in [6.45, 7) is 4.79. The first kappa shape index (κ1) is 16.5. The molecule has 0 aromatic carbocycles. The Bertz CT molecular complexity index is 866. The summed E-state index contributed by atoms with van der Waals surface area (Å²) >= 11 is 0. The van der Waals surface area contributed by atoms with Crippen molar-refractivity contribution in [2.24, 2.45) is 4.99 Å². The molecule has 1 aliphatic rings. The topological polar surface area (TPSA) is 107 Å². The lowest BCUT2D eigenvalue weighted by molar-refractivity contribution is 0.377. The first-order chi connectivity index (χ1) is 11.4. The number of hydrogen-bond donors (Lipinski definition) is 2. The van der Waals surface area contributed by atoms with Gasteiger partial charge in [0.2, 0.25) is 16.0 Å². The molecule has 0 aliphatic carbocycles. The van der Waals surface area contributed by atoms with Gasteiger partial charge in [0.05, 0.1) is 11.6 Å².